The van der Waals surface area contributed by atoms with Crippen molar-refractivity contribution in [2.24, 2.45) is 0 Å². The summed E-state index contributed by atoms with van der Waals surface area (Å²) in [5.41, 5.74) is 9.98. The second kappa shape index (κ2) is 5.96. The van der Waals surface area contributed by atoms with Crippen LogP contribution in [0.3, 0.4) is 0 Å². The van der Waals surface area contributed by atoms with Crippen molar-refractivity contribution in [2.45, 2.75) is 0 Å². The van der Waals surface area contributed by atoms with E-state index in [1.54, 1.807) is 18.7 Å². The van der Waals surface area contributed by atoms with Crippen LogP contribution in [0.5, 0.6) is 0 Å². The highest BCUT2D eigenvalue weighted by atomic mass is 16.3. The Bertz CT molecular complexity index is 952. The number of rotatable bonds is 3. The van der Waals surface area contributed by atoms with Gasteiger partial charge < -0.3 is 10.2 Å². The van der Waals surface area contributed by atoms with Gasteiger partial charge in [0, 0.05) is 23.5 Å². The zero-order chi connectivity index (χ0) is 16.4. The van der Waals surface area contributed by atoms with Crippen molar-refractivity contribution in [3.8, 4) is 34.0 Å². The second-order valence-corrected chi connectivity index (χ2v) is 5.23. The summed E-state index contributed by atoms with van der Waals surface area (Å²) >= 11 is 0. The first-order valence-electron chi connectivity index (χ1n) is 7.50. The van der Waals surface area contributed by atoms with Crippen LogP contribution in [0.15, 0.2) is 77.7 Å². The third kappa shape index (κ3) is 2.52. The number of aromatic nitrogens is 3. The molecule has 0 unspecified atom stereocenters. The Labute approximate surface area is 138 Å². The van der Waals surface area contributed by atoms with Gasteiger partial charge in [0.2, 0.25) is 0 Å². The Balaban J connectivity index is 1.98. The Morgan fingerprint density at radius 1 is 0.708 bits per heavy atom. The van der Waals surface area contributed by atoms with Gasteiger partial charge in [-0.05, 0) is 24.3 Å². The van der Waals surface area contributed by atoms with Gasteiger partial charge in [0.1, 0.15) is 17.1 Å². The number of benzene rings is 1. The number of nitrogens with zero attached hydrogens (tertiary/aromatic N) is 3. The van der Waals surface area contributed by atoms with E-state index in [9.17, 15) is 0 Å². The minimum absolute atomic E-state index is 0.366. The van der Waals surface area contributed by atoms with Gasteiger partial charge in [0.05, 0.1) is 6.26 Å². The molecule has 0 fully saturated rings. The number of nitrogens with two attached hydrogens (primary N) is 1. The Hall–Kier alpha value is -3.47. The SMILES string of the molecule is Nc1nc(-c2ccco2)c(-c2ccncc2)nc1-c1ccccc1. The molecule has 5 heteroatoms. The van der Waals surface area contributed by atoms with E-state index in [2.05, 4.69) is 9.97 Å². The van der Waals surface area contributed by atoms with E-state index in [0.717, 1.165) is 11.1 Å². The molecule has 3 aromatic heterocycles. The summed E-state index contributed by atoms with van der Waals surface area (Å²) < 4.78 is 5.51. The maximum absolute atomic E-state index is 6.18. The largest absolute Gasteiger partial charge is 0.463 e. The summed E-state index contributed by atoms with van der Waals surface area (Å²) in [7, 11) is 0. The minimum atomic E-state index is 0.366. The lowest BCUT2D eigenvalue weighted by Gasteiger charge is -2.11. The van der Waals surface area contributed by atoms with Crippen molar-refractivity contribution in [3.05, 3.63) is 73.3 Å². The monoisotopic (exact) mass is 314 g/mol. The molecule has 1 aromatic carbocycles. The molecule has 0 spiro atoms. The second-order valence-electron chi connectivity index (χ2n) is 5.23. The molecule has 4 aromatic rings. The first-order chi connectivity index (χ1) is 11.8. The highest BCUT2D eigenvalue weighted by Crippen LogP contribution is 2.33. The fourth-order valence-electron chi connectivity index (χ4n) is 2.55. The van der Waals surface area contributed by atoms with Gasteiger partial charge in [-0.3, -0.25) is 4.98 Å². The molecule has 0 atom stereocenters. The number of nitrogen functional groups attached to an aromatic ring is 1. The van der Waals surface area contributed by atoms with E-state index >= 15 is 0 Å². The van der Waals surface area contributed by atoms with Gasteiger partial charge in [-0.2, -0.15) is 0 Å². The molecular weight excluding hydrogens is 300 g/mol. The summed E-state index contributed by atoms with van der Waals surface area (Å²) in [5, 5.41) is 0. The van der Waals surface area contributed by atoms with Crippen molar-refractivity contribution in [1.82, 2.24) is 15.0 Å². The van der Waals surface area contributed by atoms with Crippen LogP contribution in [0.2, 0.25) is 0 Å². The molecule has 5 nitrogen and oxygen atoms in total. The van der Waals surface area contributed by atoms with Crippen molar-refractivity contribution in [2.75, 3.05) is 5.73 Å². The molecule has 0 radical (unpaired) electrons. The number of hydrogen-bond donors (Lipinski definition) is 1. The molecular formula is C19H14N4O. The standard InChI is InChI=1S/C19H14N4O/c20-19-17(13-5-2-1-3-6-13)22-16(14-8-10-21-11-9-14)18(23-19)15-7-4-12-24-15/h1-12H,(H2,20,23). The normalized spacial score (nSPS) is 10.7. The Morgan fingerprint density at radius 2 is 1.46 bits per heavy atom. The number of pyridine rings is 1. The van der Waals surface area contributed by atoms with E-state index in [-0.39, 0.29) is 0 Å². The average molecular weight is 314 g/mol. The summed E-state index contributed by atoms with van der Waals surface area (Å²) in [6.07, 6.45) is 5.05. The van der Waals surface area contributed by atoms with Gasteiger partial charge >= 0.3 is 0 Å². The van der Waals surface area contributed by atoms with Crippen LogP contribution < -0.4 is 5.73 Å². The molecule has 0 aliphatic heterocycles. The fraction of sp³-hybridized carbons (Fsp3) is 0. The van der Waals surface area contributed by atoms with E-state index in [4.69, 9.17) is 15.1 Å². The third-order valence-electron chi connectivity index (χ3n) is 3.68. The van der Waals surface area contributed by atoms with Crippen molar-refractivity contribution in [3.63, 3.8) is 0 Å². The lowest BCUT2D eigenvalue weighted by atomic mass is 10.1. The fourth-order valence-corrected chi connectivity index (χ4v) is 2.55. The van der Waals surface area contributed by atoms with Gasteiger partial charge in [0.25, 0.3) is 0 Å². The van der Waals surface area contributed by atoms with Crippen LogP contribution in [0.25, 0.3) is 34.0 Å². The van der Waals surface area contributed by atoms with Crippen LogP contribution in [0.1, 0.15) is 0 Å². The first-order valence-corrected chi connectivity index (χ1v) is 7.50. The summed E-state index contributed by atoms with van der Waals surface area (Å²) in [5.74, 6) is 0.992. The Morgan fingerprint density at radius 3 is 2.17 bits per heavy atom. The van der Waals surface area contributed by atoms with E-state index < -0.39 is 0 Å². The summed E-state index contributed by atoms with van der Waals surface area (Å²) in [4.78, 5) is 13.4. The van der Waals surface area contributed by atoms with Crippen molar-refractivity contribution in [1.29, 1.82) is 0 Å². The number of hydrogen-bond acceptors (Lipinski definition) is 5. The van der Waals surface area contributed by atoms with Gasteiger partial charge in [-0.15, -0.1) is 0 Å². The highest BCUT2D eigenvalue weighted by Gasteiger charge is 2.17. The first kappa shape index (κ1) is 14.1. The highest BCUT2D eigenvalue weighted by molar-refractivity contribution is 5.81. The predicted molar refractivity (Wildman–Crippen MR) is 92.8 cm³/mol. The molecule has 4 rings (SSSR count). The van der Waals surface area contributed by atoms with Gasteiger partial charge in [0.15, 0.2) is 11.6 Å². The molecule has 0 bridgehead atoms. The summed E-state index contributed by atoms with van der Waals surface area (Å²) in [6.45, 7) is 0. The lowest BCUT2D eigenvalue weighted by molar-refractivity contribution is 0.580. The number of furan rings is 1. The zero-order valence-corrected chi connectivity index (χ0v) is 12.8. The molecule has 2 N–H and O–H groups in total. The van der Waals surface area contributed by atoms with E-state index in [1.807, 2.05) is 54.6 Å². The minimum Gasteiger partial charge on any atom is -0.463 e. The number of anilines is 1. The summed E-state index contributed by atoms with van der Waals surface area (Å²) in [6, 6.07) is 17.2. The zero-order valence-electron chi connectivity index (χ0n) is 12.8. The maximum Gasteiger partial charge on any atom is 0.154 e. The molecule has 0 aliphatic rings. The molecule has 0 saturated heterocycles. The predicted octanol–water partition coefficient (Wildman–Crippen LogP) is 4.05. The van der Waals surface area contributed by atoms with Crippen molar-refractivity contribution >= 4 is 5.82 Å². The third-order valence-corrected chi connectivity index (χ3v) is 3.68. The van der Waals surface area contributed by atoms with Crippen LogP contribution in [-0.4, -0.2) is 15.0 Å². The van der Waals surface area contributed by atoms with Crippen LogP contribution >= 0.6 is 0 Å². The van der Waals surface area contributed by atoms with E-state index in [1.165, 1.54) is 0 Å². The molecule has 0 aliphatic carbocycles. The van der Waals surface area contributed by atoms with Crippen molar-refractivity contribution < 1.29 is 4.42 Å². The quantitative estimate of drug-likeness (QED) is 0.617. The molecule has 0 amide bonds. The molecule has 24 heavy (non-hydrogen) atoms. The van der Waals surface area contributed by atoms with Crippen LogP contribution in [0.4, 0.5) is 5.82 Å². The lowest BCUT2D eigenvalue weighted by Crippen LogP contribution is -2.02. The van der Waals surface area contributed by atoms with Gasteiger partial charge in [-0.25, -0.2) is 9.97 Å². The van der Waals surface area contributed by atoms with Crippen LogP contribution in [-0.2, 0) is 0 Å². The molecule has 0 saturated carbocycles. The van der Waals surface area contributed by atoms with Gasteiger partial charge in [-0.1, -0.05) is 30.3 Å². The maximum atomic E-state index is 6.18. The topological polar surface area (TPSA) is 77.8 Å². The smallest absolute Gasteiger partial charge is 0.154 e. The Kier molecular flexibility index (Phi) is 3.51. The molecule has 116 valence electrons. The average Bonchev–Trinajstić information content (AvgIpc) is 3.17. The van der Waals surface area contributed by atoms with Crippen LogP contribution in [0, 0.1) is 0 Å². The van der Waals surface area contributed by atoms with E-state index in [0.29, 0.717) is 28.7 Å². The molecule has 3 heterocycles.